The number of epoxide rings is 1. The molecule has 2 unspecified atom stereocenters. The molecule has 2 atom stereocenters. The van der Waals surface area contributed by atoms with E-state index in [1.54, 1.807) is 6.08 Å². The first-order valence-electron chi connectivity index (χ1n) is 5.91. The van der Waals surface area contributed by atoms with Crippen molar-refractivity contribution in [3.8, 4) is 0 Å². The van der Waals surface area contributed by atoms with Crippen LogP contribution in [0.3, 0.4) is 0 Å². The lowest BCUT2D eigenvalue weighted by Crippen LogP contribution is -2.44. The average Bonchev–Trinajstić information content (AvgIpc) is 2.98. The summed E-state index contributed by atoms with van der Waals surface area (Å²) in [4.78, 5) is 0. The molecule has 17 heavy (non-hydrogen) atoms. The number of nitrogens with zero attached hydrogens (tertiary/aromatic N) is 1. The van der Waals surface area contributed by atoms with Crippen molar-refractivity contribution >= 4 is 13.9 Å². The Kier molecular flexibility index (Phi) is 4.02. The molecule has 1 heterocycles. The van der Waals surface area contributed by atoms with Crippen LogP contribution < -0.4 is 0 Å². The highest BCUT2D eigenvalue weighted by molar-refractivity contribution is 6.82. The minimum Gasteiger partial charge on any atom is -0.760 e. The van der Waals surface area contributed by atoms with Crippen LogP contribution in [0.15, 0.2) is 18.4 Å². The zero-order valence-corrected chi connectivity index (χ0v) is 12.4. The summed E-state index contributed by atoms with van der Waals surface area (Å²) < 4.78 is 11.0. The third-order valence-electron chi connectivity index (χ3n) is 3.86. The molecule has 0 spiro atoms. The second-order valence-electron chi connectivity index (χ2n) is 6.02. The first-order chi connectivity index (χ1) is 7.75. The van der Waals surface area contributed by atoms with E-state index in [1.165, 1.54) is 0 Å². The van der Waals surface area contributed by atoms with Crippen LogP contribution in [0.4, 0.5) is 0 Å². The maximum absolute atomic E-state index is 9.04. The van der Waals surface area contributed by atoms with Crippen molar-refractivity contribution in [2.24, 2.45) is 0 Å². The molecule has 0 aromatic rings. The first-order valence-corrected chi connectivity index (χ1v) is 8.99. The topological polar surface area (TPSA) is 44.1 Å². The third kappa shape index (κ3) is 2.89. The molecular weight excluding hydrogens is 230 g/mol. The molecule has 1 aliphatic heterocycles. The lowest BCUT2D eigenvalue weighted by atomic mass is 10.2. The summed E-state index contributed by atoms with van der Waals surface area (Å²) in [5, 5.41) is 9.29. The minimum atomic E-state index is -1.55. The predicted molar refractivity (Wildman–Crippen MR) is 73.9 cm³/mol. The number of hydrogen-bond donors (Lipinski definition) is 0. The maximum atomic E-state index is 9.04. The highest BCUT2D eigenvalue weighted by atomic mass is 28.3. The van der Waals surface area contributed by atoms with Crippen LogP contribution in [-0.4, -0.2) is 32.4 Å². The maximum Gasteiger partial charge on any atom is 0.147 e. The summed E-state index contributed by atoms with van der Waals surface area (Å²) in [6, 6.07) is 0. The van der Waals surface area contributed by atoms with Gasteiger partial charge >= 0.3 is 0 Å². The fourth-order valence-corrected chi connectivity index (χ4v) is 3.86. The van der Waals surface area contributed by atoms with E-state index < -0.39 is 8.07 Å². The molecule has 0 amide bonds. The van der Waals surface area contributed by atoms with Crippen LogP contribution in [0.1, 0.15) is 20.8 Å². The van der Waals surface area contributed by atoms with Crippen molar-refractivity contribution in [2.75, 3.05) is 6.61 Å². The smallest absolute Gasteiger partial charge is 0.147 e. The van der Waals surface area contributed by atoms with Gasteiger partial charge in [-0.15, -0.1) is 0 Å². The summed E-state index contributed by atoms with van der Waals surface area (Å²) in [7, 11) is -1.55. The Morgan fingerprint density at radius 1 is 1.53 bits per heavy atom. The fraction of sp³-hybridized carbons (Fsp3) is 0.692. The van der Waals surface area contributed by atoms with E-state index in [9.17, 15) is 0 Å². The Hall–Kier alpha value is -0.833. The van der Waals surface area contributed by atoms with Crippen LogP contribution in [-0.2, 0) is 9.47 Å². The van der Waals surface area contributed by atoms with Gasteiger partial charge in [0, 0.05) is 0 Å². The number of rotatable bonds is 5. The number of hydrogen-bond acceptors (Lipinski definition) is 2. The molecule has 0 N–H and O–H groups in total. The fourth-order valence-electron chi connectivity index (χ4n) is 1.61. The Labute approximate surface area is 105 Å². The van der Waals surface area contributed by atoms with E-state index in [0.29, 0.717) is 12.4 Å². The molecule has 1 rings (SSSR count). The van der Waals surface area contributed by atoms with Gasteiger partial charge in [-0.1, -0.05) is 46.5 Å². The normalized spacial score (nSPS) is 23.8. The first kappa shape index (κ1) is 14.2. The summed E-state index contributed by atoms with van der Waals surface area (Å²) >= 11 is 0. The lowest BCUT2D eigenvalue weighted by molar-refractivity contribution is 0.222. The molecule has 0 bridgehead atoms. The quantitative estimate of drug-likeness (QED) is 0.248. The van der Waals surface area contributed by atoms with E-state index in [2.05, 4.69) is 46.3 Å². The molecule has 1 fully saturated rings. The van der Waals surface area contributed by atoms with Gasteiger partial charge in [0.2, 0.25) is 0 Å². The van der Waals surface area contributed by atoms with Gasteiger partial charge in [-0.05, 0) is 5.04 Å². The van der Waals surface area contributed by atoms with E-state index in [0.717, 1.165) is 0 Å². The van der Waals surface area contributed by atoms with Gasteiger partial charge in [0.15, 0.2) is 0 Å². The Morgan fingerprint density at radius 2 is 2.12 bits per heavy atom. The van der Waals surface area contributed by atoms with Crippen molar-refractivity contribution in [1.29, 1.82) is 0 Å². The van der Waals surface area contributed by atoms with Crippen molar-refractivity contribution in [1.82, 2.24) is 0 Å². The van der Waals surface area contributed by atoms with Gasteiger partial charge in [-0.2, -0.15) is 0 Å². The van der Waals surface area contributed by atoms with Gasteiger partial charge in [-0.3, -0.25) is 0 Å². The molecular formula is C13H22NO2Si-. The third-order valence-corrected chi connectivity index (χ3v) is 9.59. The van der Waals surface area contributed by atoms with Crippen LogP contribution >= 0.6 is 0 Å². The average molecular weight is 252 g/mol. The van der Waals surface area contributed by atoms with Crippen LogP contribution in [0.25, 0.3) is 5.41 Å². The summed E-state index contributed by atoms with van der Waals surface area (Å²) in [6.45, 7) is 15.3. The largest absolute Gasteiger partial charge is 0.760 e. The second-order valence-corrected chi connectivity index (χ2v) is 11.5. The summed E-state index contributed by atoms with van der Waals surface area (Å²) in [5.74, 6) is 2.50. The lowest BCUT2D eigenvalue weighted by Gasteiger charge is -2.35. The van der Waals surface area contributed by atoms with Crippen molar-refractivity contribution < 1.29 is 9.47 Å². The van der Waals surface area contributed by atoms with Gasteiger partial charge < -0.3 is 14.9 Å². The molecule has 0 aromatic heterocycles. The monoisotopic (exact) mass is 252 g/mol. The highest BCUT2D eigenvalue weighted by Gasteiger charge is 2.57. The molecule has 1 saturated heterocycles. The van der Waals surface area contributed by atoms with Gasteiger partial charge in [-0.25, -0.2) is 5.87 Å². The number of ether oxygens (including phenoxy) is 2. The van der Waals surface area contributed by atoms with Crippen LogP contribution in [0, 0.1) is 0 Å². The van der Waals surface area contributed by atoms with Crippen LogP contribution in [0.2, 0.25) is 18.1 Å². The summed E-state index contributed by atoms with van der Waals surface area (Å²) in [5.41, 5.74) is 0.196. The van der Waals surface area contributed by atoms with E-state index in [4.69, 9.17) is 14.9 Å². The van der Waals surface area contributed by atoms with E-state index >= 15 is 0 Å². The van der Waals surface area contributed by atoms with Crippen LogP contribution in [0.5, 0.6) is 0 Å². The highest BCUT2D eigenvalue weighted by Crippen LogP contribution is 2.47. The Morgan fingerprint density at radius 3 is 2.53 bits per heavy atom. The van der Waals surface area contributed by atoms with Crippen molar-refractivity contribution in [2.45, 2.75) is 50.7 Å². The molecule has 0 saturated carbocycles. The molecule has 96 valence electrons. The Balaban J connectivity index is 2.70. The van der Waals surface area contributed by atoms with E-state index in [-0.39, 0.29) is 16.9 Å². The molecule has 3 nitrogen and oxygen atoms in total. The molecule has 0 aliphatic carbocycles. The molecule has 0 aromatic carbocycles. The Bertz CT molecular complexity index is 351. The molecule has 1 aliphatic rings. The van der Waals surface area contributed by atoms with Crippen molar-refractivity contribution in [3.63, 3.8) is 0 Å². The molecule has 4 heteroatoms. The van der Waals surface area contributed by atoms with E-state index in [1.807, 2.05) is 0 Å². The van der Waals surface area contributed by atoms with Crippen molar-refractivity contribution in [3.05, 3.63) is 23.8 Å². The second kappa shape index (κ2) is 4.81. The summed E-state index contributed by atoms with van der Waals surface area (Å²) in [6.07, 6.45) is 1.52. The van der Waals surface area contributed by atoms with Gasteiger partial charge in [0.1, 0.15) is 18.5 Å². The minimum absolute atomic E-state index is 0.124. The zero-order valence-electron chi connectivity index (χ0n) is 11.4. The predicted octanol–water partition coefficient (Wildman–Crippen LogP) is 3.13. The SMILES string of the molecule is C=CCOC(=C=[N-])C1OC1[Si](C)(C)C(C)(C)C. The van der Waals surface area contributed by atoms with Gasteiger partial charge in [0.05, 0.1) is 13.8 Å². The zero-order chi connectivity index (χ0) is 13.3. The standard InChI is InChI=1S/C13H22NO2Si/c1-7-8-15-10(9-14)11-12(16-11)17(5,6)13(2,3)4/h7,11-12H,1,8H2,2-6H3/q-1. The van der Waals surface area contributed by atoms with Gasteiger partial charge in [0.25, 0.3) is 0 Å². The molecule has 0 radical (unpaired) electrons.